The number of rotatable bonds is 2. The van der Waals surface area contributed by atoms with Crippen molar-refractivity contribution in [3.05, 3.63) is 82.9 Å². The molecule has 2 aromatic rings. The van der Waals surface area contributed by atoms with Gasteiger partial charge in [0.15, 0.2) is 0 Å². The Hall–Kier alpha value is -0.196. The van der Waals surface area contributed by atoms with Gasteiger partial charge in [0.05, 0.1) is 0 Å². The summed E-state index contributed by atoms with van der Waals surface area (Å²) in [7, 11) is 17.2. The van der Waals surface area contributed by atoms with Crippen molar-refractivity contribution in [2.75, 3.05) is 0 Å². The maximum atomic E-state index is 8.58. The van der Waals surface area contributed by atoms with Gasteiger partial charge in [0.2, 0.25) is 0 Å². The van der Waals surface area contributed by atoms with Crippen molar-refractivity contribution in [1.29, 1.82) is 0 Å². The Kier molecular flexibility index (Phi) is 2.11. The van der Waals surface area contributed by atoms with Crippen LogP contribution in [0.25, 0.3) is 12.2 Å². The Labute approximate surface area is 157 Å². The maximum absolute atomic E-state index is 8.58. The first-order chi connectivity index (χ1) is 11.5. The molecule has 0 nitrogen and oxygen atoms in total. The summed E-state index contributed by atoms with van der Waals surface area (Å²) in [5.74, 6) is 0. The third-order valence-corrected chi connectivity index (χ3v) is 63.7. The SMILES string of the molecule is [CH3][Hf]([CH3])([CH3])([CH3])(=[SiH2])(=[SiH2])([Cl])([Cl])([CH]1C=Cc2ccccc21)[CH]1C=Cc2ccccc21. The van der Waals surface area contributed by atoms with Gasteiger partial charge >= 0.3 is 158 Å². The minimum absolute atomic E-state index is 0.131. The molecule has 4 rings (SSSR count). The molecule has 2 aliphatic rings. The van der Waals surface area contributed by atoms with Crippen LogP contribution >= 0.6 is 17.2 Å². The third-order valence-electron chi connectivity index (χ3n) is 7.80. The van der Waals surface area contributed by atoms with Gasteiger partial charge in [0, 0.05) is 0 Å². The van der Waals surface area contributed by atoms with Gasteiger partial charge in [-0.25, -0.2) is 0 Å². The van der Waals surface area contributed by atoms with Crippen molar-refractivity contribution >= 4 is 43.2 Å². The summed E-state index contributed by atoms with van der Waals surface area (Å²) < 4.78 is 8.68. The van der Waals surface area contributed by atoms with Crippen LogP contribution in [0.15, 0.2) is 60.7 Å². The second-order valence-electron chi connectivity index (χ2n) is 16.9. The predicted octanol–water partition coefficient (Wildman–Crippen LogP) is 6.49. The van der Waals surface area contributed by atoms with Gasteiger partial charge in [-0.3, -0.25) is 0 Å². The molecule has 0 aliphatic heterocycles. The number of benzene rings is 2. The second-order valence-corrected chi connectivity index (χ2v) is 255. The molecule has 0 amide bonds. The number of allylic oxidation sites excluding steroid dienone is 2. The van der Waals surface area contributed by atoms with Crippen molar-refractivity contribution < 1.29 is 6.04 Å². The van der Waals surface area contributed by atoms with E-state index < -0.39 is 6.04 Å². The number of fused-ring (bicyclic) bond motifs is 2. The fraction of sp³-hybridized carbons (Fsp3) is 0.273. The molecule has 0 bridgehead atoms. The van der Waals surface area contributed by atoms with E-state index in [1.54, 1.807) is 0 Å². The molecular weight excluding hydrogens is 570 g/mol. The van der Waals surface area contributed by atoms with Gasteiger partial charge in [-0.2, -0.15) is 0 Å². The normalized spacial score (nSPS) is 31.0. The van der Waals surface area contributed by atoms with Crippen molar-refractivity contribution in [3.8, 4) is 0 Å². The van der Waals surface area contributed by atoms with Crippen LogP contribution in [0.1, 0.15) is 29.6 Å². The average Bonchev–Trinajstić information content (AvgIpc) is 3.11. The van der Waals surface area contributed by atoms with Gasteiger partial charge in [-0.05, 0) is 0 Å². The molecule has 0 saturated carbocycles. The van der Waals surface area contributed by atoms with Crippen LogP contribution in [-0.4, -0.2) is 13.9 Å². The monoisotopic (exact) mass is 600 g/mol. The van der Waals surface area contributed by atoms with Gasteiger partial charge in [-0.15, -0.1) is 0 Å². The molecule has 2 unspecified atom stereocenters. The zero-order valence-electron chi connectivity index (χ0n) is 16.8. The van der Waals surface area contributed by atoms with E-state index in [1.807, 2.05) is 13.9 Å². The van der Waals surface area contributed by atoms with E-state index in [0.29, 0.717) is 0 Å². The van der Waals surface area contributed by atoms with Crippen LogP contribution < -0.4 is 0 Å². The minimum atomic E-state index is -6.97. The molecule has 144 valence electrons. The fourth-order valence-electron chi connectivity index (χ4n) is 6.09. The molecule has 2 aliphatic carbocycles. The van der Waals surface area contributed by atoms with E-state index >= 15 is 0 Å². The second kappa shape index (κ2) is 2.84. The summed E-state index contributed by atoms with van der Waals surface area (Å²) in [5, 5.41) is 0. The van der Waals surface area contributed by atoms with Gasteiger partial charge < -0.3 is 0 Å². The standard InChI is InChI=1S/2C9H7.4CH3.2ClH.Hf.2H2Si/c2*1-2-5-9-7-3-6-8(9)4-1;;;;;;;;;/h2*1-7H;4*1H3;2*1H;;2*1H2/q;;;;;;;;+2;;/p-2. The van der Waals surface area contributed by atoms with Crippen LogP contribution in [0.2, 0.25) is 18.7 Å². The molecule has 5 heteroatoms. The summed E-state index contributed by atoms with van der Waals surface area (Å²) in [6.45, 7) is 3.80. The van der Waals surface area contributed by atoms with Crippen molar-refractivity contribution in [1.82, 2.24) is 0 Å². The predicted molar refractivity (Wildman–Crippen MR) is 129 cm³/mol. The van der Waals surface area contributed by atoms with Gasteiger partial charge in [0.1, 0.15) is 0 Å². The van der Waals surface area contributed by atoms with E-state index in [4.69, 9.17) is 17.2 Å². The first-order valence-electron chi connectivity index (χ1n) is 9.81. The summed E-state index contributed by atoms with van der Waals surface area (Å²) in [4.78, 5) is 0. The van der Waals surface area contributed by atoms with E-state index in [-0.39, 0.29) is 7.35 Å². The van der Waals surface area contributed by atoms with Crippen LogP contribution in [0.3, 0.4) is 0 Å². The number of hydrogen-bond donors (Lipinski definition) is 0. The molecule has 0 aromatic heterocycles. The first kappa shape index (κ1) is 20.1. The van der Waals surface area contributed by atoms with Crippen LogP contribution in [-0.2, 0) is 6.04 Å². The Bertz CT molecular complexity index is 1430. The zero-order chi connectivity index (χ0) is 20.3. The quantitative estimate of drug-likeness (QED) is 0.347. The molecule has 0 spiro atoms. The third kappa shape index (κ3) is 2.54. The van der Waals surface area contributed by atoms with Crippen LogP contribution in [0.5, 0.6) is 0 Å². The molecule has 0 N–H and O–H groups in total. The molecule has 0 saturated heterocycles. The van der Waals surface area contributed by atoms with Crippen molar-refractivity contribution in [2.24, 2.45) is 0 Å². The van der Waals surface area contributed by atoms with E-state index in [1.165, 1.54) is 22.3 Å². The average molecular weight is 600 g/mol. The summed E-state index contributed by atoms with van der Waals surface area (Å²) >= 11 is 0. The molecule has 0 heterocycles. The van der Waals surface area contributed by atoms with Crippen molar-refractivity contribution in [3.63, 3.8) is 0 Å². The van der Waals surface area contributed by atoms with Crippen molar-refractivity contribution in [2.45, 2.75) is 26.1 Å². The first-order valence-corrected chi connectivity index (χ1v) is 53.9. The van der Waals surface area contributed by atoms with E-state index in [0.717, 1.165) is 0 Å². The molecule has 2 aromatic carbocycles. The topological polar surface area (TPSA) is 0 Å². The summed E-state index contributed by atoms with van der Waals surface area (Å²) in [5.41, 5.74) is 4.86. The fourth-order valence-corrected chi connectivity index (χ4v) is 52.4. The van der Waals surface area contributed by atoms with Crippen LogP contribution in [0.4, 0.5) is 0 Å². The Morgan fingerprint density at radius 1 is 0.667 bits per heavy atom. The Balaban J connectivity index is 2.32. The van der Waals surface area contributed by atoms with Gasteiger partial charge in [0.25, 0.3) is 0 Å². The molecule has 2 atom stereocenters. The molecule has 27 heavy (non-hydrogen) atoms. The van der Waals surface area contributed by atoms with E-state index in [9.17, 15) is 0 Å². The van der Waals surface area contributed by atoms with Crippen LogP contribution in [0, 0.1) is 0 Å². The zero-order valence-corrected chi connectivity index (χ0v) is 24.7. The Morgan fingerprint density at radius 2 is 1.00 bits per heavy atom. The number of hydrogen-bond acceptors (Lipinski definition) is 0. The summed E-state index contributed by atoms with van der Waals surface area (Å²) in [6, 6.07) is 10.1. The molecule has 0 radical (unpaired) electrons. The number of halogens is 2. The van der Waals surface area contributed by atoms with Gasteiger partial charge in [-0.1, -0.05) is 0 Å². The Morgan fingerprint density at radius 3 is 1.37 bits per heavy atom. The van der Waals surface area contributed by atoms with E-state index in [2.05, 4.69) is 91.6 Å². The molecular formula is C22H30Cl2HfSi2. The molecule has 0 fully saturated rings. The summed E-state index contributed by atoms with van der Waals surface area (Å²) in [6.07, 6.45) is 8.91.